The molecule has 0 unspecified atom stereocenters. The molecular formula is C80H154O13. The SMILES string of the molecule is CCCCCCCCCCCCCCCCC(CCCCCCCCCCCCCCCC)C(=O)OC[C@H]1O[C@H](O[C@H]2O[C@H](COC(=O)C(CCCCCCCCCCCCCCCC)CCCCCCCCCCCCCCCC)[C@@H](O)[C@H](O)[C@H]2O)[C@H](O)[C@@H](O)[C@@H]1O. The number of carbonyl (C=O) groups excluding carboxylic acids is 2. The Kier molecular flexibility index (Phi) is 59.2. The van der Waals surface area contributed by atoms with Crippen molar-refractivity contribution in [3.63, 3.8) is 0 Å². The zero-order valence-corrected chi connectivity index (χ0v) is 61.3. The molecule has 0 aromatic heterocycles. The summed E-state index contributed by atoms with van der Waals surface area (Å²) < 4.78 is 29.7. The first-order chi connectivity index (χ1) is 45.5. The number of esters is 2. The van der Waals surface area contributed by atoms with E-state index >= 15 is 0 Å². The van der Waals surface area contributed by atoms with E-state index in [9.17, 15) is 40.2 Å². The van der Waals surface area contributed by atoms with Crippen molar-refractivity contribution in [3.05, 3.63) is 0 Å². The molecule has 6 N–H and O–H groups in total. The van der Waals surface area contributed by atoms with Crippen LogP contribution in [-0.2, 0) is 33.3 Å². The summed E-state index contributed by atoms with van der Waals surface area (Å²) >= 11 is 0. The third-order valence-corrected chi connectivity index (χ3v) is 20.7. The van der Waals surface area contributed by atoms with Gasteiger partial charge in [-0.15, -0.1) is 0 Å². The average Bonchev–Trinajstić information content (AvgIpc) is 0.828. The number of hydrogen-bond donors (Lipinski definition) is 6. The van der Waals surface area contributed by atoms with Gasteiger partial charge in [0, 0.05) is 0 Å². The molecule has 10 atom stereocenters. The Balaban J connectivity index is 1.97. The maximum absolute atomic E-state index is 13.9. The van der Waals surface area contributed by atoms with Crippen LogP contribution in [-0.4, -0.2) is 117 Å². The van der Waals surface area contributed by atoms with Gasteiger partial charge in [-0.2, -0.15) is 0 Å². The molecular weight excluding hydrogens is 1170 g/mol. The fourth-order valence-corrected chi connectivity index (χ4v) is 14.1. The third kappa shape index (κ3) is 45.8. The van der Waals surface area contributed by atoms with Crippen LogP contribution < -0.4 is 0 Å². The Labute approximate surface area is 572 Å². The molecule has 2 heterocycles. The van der Waals surface area contributed by atoms with Crippen LogP contribution in [0.2, 0.25) is 0 Å². The highest BCUT2D eigenvalue weighted by Gasteiger charge is 2.50. The Morgan fingerprint density at radius 3 is 0.613 bits per heavy atom. The van der Waals surface area contributed by atoms with Crippen LogP contribution in [0.15, 0.2) is 0 Å². The van der Waals surface area contributed by atoms with Crippen molar-refractivity contribution in [1.82, 2.24) is 0 Å². The molecule has 0 aromatic carbocycles. The predicted molar refractivity (Wildman–Crippen MR) is 383 cm³/mol. The second-order valence-corrected chi connectivity index (χ2v) is 29.4. The largest absolute Gasteiger partial charge is 0.463 e. The number of hydrogen-bond acceptors (Lipinski definition) is 13. The van der Waals surface area contributed by atoms with Gasteiger partial charge in [0.1, 0.15) is 62.0 Å². The van der Waals surface area contributed by atoms with Crippen molar-refractivity contribution in [2.75, 3.05) is 13.2 Å². The van der Waals surface area contributed by atoms with Gasteiger partial charge in [0.2, 0.25) is 0 Å². The summed E-state index contributed by atoms with van der Waals surface area (Å²) in [5, 5.41) is 66.8. The maximum Gasteiger partial charge on any atom is 0.309 e. The van der Waals surface area contributed by atoms with Crippen molar-refractivity contribution in [2.24, 2.45) is 11.8 Å². The first-order valence-corrected chi connectivity index (χ1v) is 40.9. The minimum Gasteiger partial charge on any atom is -0.463 e. The molecule has 0 bridgehead atoms. The summed E-state index contributed by atoms with van der Waals surface area (Å²) in [5.74, 6) is -1.40. The molecule has 2 aliphatic rings. The lowest BCUT2D eigenvalue weighted by Crippen LogP contribution is -2.64. The molecule has 93 heavy (non-hydrogen) atoms. The van der Waals surface area contributed by atoms with E-state index in [1.807, 2.05) is 0 Å². The fraction of sp³-hybridized carbons (Fsp3) is 0.975. The van der Waals surface area contributed by atoms with Crippen LogP contribution in [0.4, 0.5) is 0 Å². The highest BCUT2D eigenvalue weighted by molar-refractivity contribution is 5.72. The summed E-state index contributed by atoms with van der Waals surface area (Å²) in [7, 11) is 0. The standard InChI is InChI=1S/C80H154O13/c1-5-9-13-17-21-25-29-33-37-41-45-49-53-57-61-67(62-58-54-50-46-42-38-34-30-26-22-18-14-10-6-2)77(87)89-65-69-71(81)73(83)75(85)79(91-69)93-80-76(86)74(84)72(82)70(92-80)66-90-78(88)68(63-59-55-51-47-43-39-35-31-27-23-19-15-11-7-3)64-60-56-52-48-44-40-36-32-28-24-20-16-12-8-4/h67-76,79-86H,5-66H2,1-4H3/t69-,70-,71-,72-,73+,74+,75-,76-,79-,80-/m1/s1. The Morgan fingerprint density at radius 1 is 0.258 bits per heavy atom. The number of ether oxygens (including phenoxy) is 5. The Morgan fingerprint density at radius 2 is 0.430 bits per heavy atom. The van der Waals surface area contributed by atoms with E-state index in [1.165, 1.54) is 283 Å². The number of aliphatic hydroxyl groups excluding tert-OH is 6. The van der Waals surface area contributed by atoms with E-state index in [2.05, 4.69) is 27.7 Å². The van der Waals surface area contributed by atoms with Gasteiger partial charge in [0.25, 0.3) is 0 Å². The van der Waals surface area contributed by atoms with Gasteiger partial charge in [-0.3, -0.25) is 9.59 Å². The molecule has 0 saturated carbocycles. The summed E-state index contributed by atoms with van der Waals surface area (Å²) in [5.41, 5.74) is 0. The molecule has 0 aromatic rings. The number of carbonyl (C=O) groups is 2. The molecule has 552 valence electrons. The van der Waals surface area contributed by atoms with Crippen LogP contribution in [0.25, 0.3) is 0 Å². The smallest absolute Gasteiger partial charge is 0.309 e. The first kappa shape index (κ1) is 87.7. The van der Waals surface area contributed by atoms with Gasteiger partial charge in [0.05, 0.1) is 11.8 Å². The van der Waals surface area contributed by atoms with Crippen LogP contribution in [0.3, 0.4) is 0 Å². The molecule has 2 saturated heterocycles. The van der Waals surface area contributed by atoms with E-state index in [0.717, 1.165) is 77.0 Å². The zero-order chi connectivity index (χ0) is 67.5. The predicted octanol–water partition coefficient (Wildman–Crippen LogP) is 20.4. The minimum absolute atomic E-state index is 0.323. The highest BCUT2D eigenvalue weighted by atomic mass is 16.8. The molecule has 13 heteroatoms. The second kappa shape index (κ2) is 62.8. The summed E-state index contributed by atoms with van der Waals surface area (Å²) in [6.07, 6.45) is 56.7. The first-order valence-electron chi connectivity index (χ1n) is 40.9. The summed E-state index contributed by atoms with van der Waals surface area (Å²) in [6.45, 7) is 8.23. The summed E-state index contributed by atoms with van der Waals surface area (Å²) in [4.78, 5) is 27.9. The topological polar surface area (TPSA) is 202 Å². The Bertz CT molecular complexity index is 1440. The third-order valence-electron chi connectivity index (χ3n) is 20.7. The van der Waals surface area contributed by atoms with Crippen LogP contribution >= 0.6 is 0 Å². The van der Waals surface area contributed by atoms with E-state index in [-0.39, 0.29) is 23.8 Å². The van der Waals surface area contributed by atoms with Gasteiger partial charge < -0.3 is 54.3 Å². The van der Waals surface area contributed by atoms with E-state index in [1.54, 1.807) is 0 Å². The second-order valence-electron chi connectivity index (χ2n) is 29.4. The lowest BCUT2D eigenvalue weighted by molar-refractivity contribution is -0.376. The molecule has 0 radical (unpaired) electrons. The summed E-state index contributed by atoms with van der Waals surface area (Å²) in [6, 6.07) is 0. The maximum atomic E-state index is 13.9. The lowest BCUT2D eigenvalue weighted by Gasteiger charge is -2.44. The fourth-order valence-electron chi connectivity index (χ4n) is 14.1. The van der Waals surface area contributed by atoms with Crippen molar-refractivity contribution in [1.29, 1.82) is 0 Å². The van der Waals surface area contributed by atoms with E-state index in [0.29, 0.717) is 25.7 Å². The van der Waals surface area contributed by atoms with Crippen LogP contribution in [0, 0.1) is 11.8 Å². The normalized spacial score (nSPS) is 21.8. The molecule has 0 spiro atoms. The minimum atomic E-state index is -1.82. The monoisotopic (exact) mass is 1320 g/mol. The molecule has 0 amide bonds. The number of unbranched alkanes of at least 4 members (excludes halogenated alkanes) is 52. The number of rotatable bonds is 68. The lowest BCUT2D eigenvalue weighted by atomic mass is 9.94. The molecule has 2 aliphatic heterocycles. The van der Waals surface area contributed by atoms with E-state index < -0.39 is 74.6 Å². The number of aliphatic hydroxyl groups is 6. The molecule has 2 fully saturated rings. The highest BCUT2D eigenvalue weighted by Crippen LogP contribution is 2.31. The van der Waals surface area contributed by atoms with Crippen LogP contribution in [0.1, 0.15) is 413 Å². The van der Waals surface area contributed by atoms with Gasteiger partial charge in [-0.1, -0.05) is 387 Å². The molecule has 0 aliphatic carbocycles. The zero-order valence-electron chi connectivity index (χ0n) is 61.3. The van der Waals surface area contributed by atoms with Crippen LogP contribution in [0.5, 0.6) is 0 Å². The quantitative estimate of drug-likeness (QED) is 0.0248. The van der Waals surface area contributed by atoms with Crippen molar-refractivity contribution in [3.8, 4) is 0 Å². The van der Waals surface area contributed by atoms with Gasteiger partial charge in [0.15, 0.2) is 12.6 Å². The molecule has 2 rings (SSSR count). The molecule has 13 nitrogen and oxygen atoms in total. The van der Waals surface area contributed by atoms with Gasteiger partial charge in [-0.05, 0) is 25.7 Å². The van der Waals surface area contributed by atoms with Gasteiger partial charge >= 0.3 is 11.9 Å². The van der Waals surface area contributed by atoms with Gasteiger partial charge in [-0.25, -0.2) is 0 Å². The average molecular weight is 1320 g/mol. The Hall–Kier alpha value is -1.42. The van der Waals surface area contributed by atoms with E-state index in [4.69, 9.17) is 23.7 Å². The van der Waals surface area contributed by atoms with Crippen molar-refractivity contribution >= 4 is 11.9 Å². The van der Waals surface area contributed by atoms with Crippen molar-refractivity contribution in [2.45, 2.75) is 474 Å². The van der Waals surface area contributed by atoms with Crippen molar-refractivity contribution < 1.29 is 63.9 Å².